The zero-order chi connectivity index (χ0) is 14.0. The van der Waals surface area contributed by atoms with Gasteiger partial charge in [0.05, 0.1) is 18.8 Å². The first kappa shape index (κ1) is 14.3. The maximum Gasteiger partial charge on any atom is 0.254 e. The number of aliphatic hydroxyl groups is 1. The van der Waals surface area contributed by atoms with Gasteiger partial charge in [-0.05, 0) is 25.1 Å². The monoisotopic (exact) mass is 328 g/mol. The van der Waals surface area contributed by atoms with Gasteiger partial charge in [-0.25, -0.2) is 0 Å². The van der Waals surface area contributed by atoms with E-state index in [1.807, 2.05) is 6.92 Å². The number of carbonyl (C=O) groups excluding carboxylic acids is 1. The van der Waals surface area contributed by atoms with Gasteiger partial charge in [-0.2, -0.15) is 0 Å². The molecule has 0 spiro atoms. The quantitative estimate of drug-likeness (QED) is 0.801. The van der Waals surface area contributed by atoms with E-state index in [9.17, 15) is 9.90 Å². The Morgan fingerprint density at radius 2 is 2.26 bits per heavy atom. The van der Waals surface area contributed by atoms with Crippen molar-refractivity contribution in [2.45, 2.75) is 19.1 Å². The van der Waals surface area contributed by atoms with Gasteiger partial charge in [0, 0.05) is 28.8 Å². The lowest BCUT2D eigenvalue weighted by atomic mass is 10.1. The number of nitrogen functional groups attached to an aromatic ring is 1. The van der Waals surface area contributed by atoms with Crippen molar-refractivity contribution in [3.05, 3.63) is 28.2 Å². The molecule has 1 aliphatic heterocycles. The number of rotatable bonds is 2. The minimum absolute atomic E-state index is 0.0839. The van der Waals surface area contributed by atoms with Gasteiger partial charge in [0.25, 0.3) is 5.91 Å². The van der Waals surface area contributed by atoms with Crippen molar-refractivity contribution in [1.29, 1.82) is 0 Å². The maximum atomic E-state index is 12.4. The fraction of sp³-hybridized carbons (Fsp3) is 0.462. The molecule has 2 unspecified atom stereocenters. The molecule has 0 saturated carbocycles. The summed E-state index contributed by atoms with van der Waals surface area (Å²) in [5, 5.41) is 9.18. The number of anilines is 1. The third-order valence-corrected chi connectivity index (χ3v) is 3.44. The van der Waals surface area contributed by atoms with E-state index >= 15 is 0 Å². The molecular formula is C13H17BrN2O3. The molecular weight excluding hydrogens is 312 g/mol. The molecule has 0 aromatic heterocycles. The molecule has 19 heavy (non-hydrogen) atoms. The topological polar surface area (TPSA) is 75.8 Å². The average molecular weight is 329 g/mol. The molecule has 0 radical (unpaired) electrons. The summed E-state index contributed by atoms with van der Waals surface area (Å²) in [5.74, 6) is -0.0957. The Hall–Kier alpha value is -1.11. The highest BCUT2D eigenvalue weighted by Crippen LogP contribution is 2.20. The molecule has 1 aromatic carbocycles. The van der Waals surface area contributed by atoms with Crippen molar-refractivity contribution >= 4 is 27.5 Å². The van der Waals surface area contributed by atoms with E-state index in [4.69, 9.17) is 10.5 Å². The molecule has 104 valence electrons. The van der Waals surface area contributed by atoms with Gasteiger partial charge in [0.1, 0.15) is 0 Å². The number of morpholine rings is 1. The highest BCUT2D eigenvalue weighted by molar-refractivity contribution is 9.10. The number of ether oxygens (including phenoxy) is 1. The fourth-order valence-corrected chi connectivity index (χ4v) is 2.74. The van der Waals surface area contributed by atoms with Crippen LogP contribution < -0.4 is 5.73 Å². The highest BCUT2D eigenvalue weighted by Gasteiger charge is 2.28. The Bertz CT molecular complexity index is 461. The molecule has 0 aliphatic carbocycles. The van der Waals surface area contributed by atoms with Crippen molar-refractivity contribution in [3.63, 3.8) is 0 Å². The first-order valence-corrected chi connectivity index (χ1v) is 6.90. The Morgan fingerprint density at radius 1 is 1.53 bits per heavy atom. The van der Waals surface area contributed by atoms with E-state index in [0.717, 1.165) is 4.47 Å². The van der Waals surface area contributed by atoms with Crippen LogP contribution >= 0.6 is 15.9 Å². The van der Waals surface area contributed by atoms with Crippen molar-refractivity contribution < 1.29 is 14.6 Å². The third-order valence-electron chi connectivity index (χ3n) is 2.98. The second-order valence-corrected chi connectivity index (χ2v) is 5.65. The number of aliphatic hydroxyl groups excluding tert-OH is 1. The lowest BCUT2D eigenvalue weighted by Crippen LogP contribution is -2.50. The standard InChI is InChI=1S/C13H17BrN2O3/c1-8-5-16(6-12(7-17)19-8)13(18)9-2-10(14)4-11(15)3-9/h2-4,8,12,17H,5-7,15H2,1H3. The summed E-state index contributed by atoms with van der Waals surface area (Å²) in [6, 6.07) is 5.14. The lowest BCUT2D eigenvalue weighted by molar-refractivity contribution is -0.0858. The van der Waals surface area contributed by atoms with Crippen LogP contribution in [0.3, 0.4) is 0 Å². The summed E-state index contributed by atoms with van der Waals surface area (Å²) < 4.78 is 6.30. The zero-order valence-corrected chi connectivity index (χ0v) is 12.3. The predicted octanol–water partition coefficient (Wildman–Crippen LogP) is 1.25. The van der Waals surface area contributed by atoms with E-state index in [1.54, 1.807) is 23.1 Å². The number of hydrogen-bond acceptors (Lipinski definition) is 4. The lowest BCUT2D eigenvalue weighted by Gasteiger charge is -2.36. The maximum absolute atomic E-state index is 12.4. The van der Waals surface area contributed by atoms with Crippen LogP contribution in [0.25, 0.3) is 0 Å². The van der Waals surface area contributed by atoms with Gasteiger partial charge in [0.2, 0.25) is 0 Å². The molecule has 5 nitrogen and oxygen atoms in total. The third kappa shape index (κ3) is 3.46. The Morgan fingerprint density at radius 3 is 2.89 bits per heavy atom. The van der Waals surface area contributed by atoms with Crippen LogP contribution in [0.5, 0.6) is 0 Å². The van der Waals surface area contributed by atoms with Crippen LogP contribution in [0, 0.1) is 0 Å². The summed E-state index contributed by atoms with van der Waals surface area (Å²) in [6.45, 7) is 2.71. The molecule has 6 heteroatoms. The molecule has 3 N–H and O–H groups in total. The van der Waals surface area contributed by atoms with Crippen LogP contribution in [0.15, 0.2) is 22.7 Å². The van der Waals surface area contributed by atoms with Crippen molar-refractivity contribution in [1.82, 2.24) is 4.90 Å². The molecule has 1 aliphatic rings. The van der Waals surface area contributed by atoms with E-state index in [0.29, 0.717) is 24.3 Å². The van der Waals surface area contributed by atoms with Crippen molar-refractivity contribution in [3.8, 4) is 0 Å². The number of nitrogens with zero attached hydrogens (tertiary/aromatic N) is 1. The number of amides is 1. The highest BCUT2D eigenvalue weighted by atomic mass is 79.9. The summed E-state index contributed by atoms with van der Waals surface area (Å²) in [4.78, 5) is 14.1. The second kappa shape index (κ2) is 5.90. The molecule has 1 fully saturated rings. The first-order valence-electron chi connectivity index (χ1n) is 6.11. The Balaban J connectivity index is 2.18. The van der Waals surface area contributed by atoms with Gasteiger partial charge >= 0.3 is 0 Å². The fourth-order valence-electron chi connectivity index (χ4n) is 2.23. The molecule has 2 atom stereocenters. The van der Waals surface area contributed by atoms with Crippen molar-refractivity contribution in [2.75, 3.05) is 25.4 Å². The van der Waals surface area contributed by atoms with E-state index in [1.165, 1.54) is 0 Å². The minimum Gasteiger partial charge on any atom is -0.399 e. The van der Waals surface area contributed by atoms with Crippen LogP contribution in [0.2, 0.25) is 0 Å². The first-order chi connectivity index (χ1) is 8.99. The smallest absolute Gasteiger partial charge is 0.254 e. The van der Waals surface area contributed by atoms with Gasteiger partial charge in [-0.15, -0.1) is 0 Å². The minimum atomic E-state index is -0.322. The number of nitrogens with two attached hydrogens (primary N) is 1. The molecule has 0 bridgehead atoms. The molecule has 1 aromatic rings. The number of carbonyl (C=O) groups is 1. The number of benzene rings is 1. The summed E-state index contributed by atoms with van der Waals surface area (Å²) in [6.07, 6.45) is -0.406. The van der Waals surface area contributed by atoms with Gasteiger partial charge in [0.15, 0.2) is 0 Å². The normalized spacial score (nSPS) is 23.4. The molecule has 1 amide bonds. The second-order valence-electron chi connectivity index (χ2n) is 4.73. The summed E-state index contributed by atoms with van der Waals surface area (Å²) in [5.41, 5.74) is 6.82. The predicted molar refractivity (Wildman–Crippen MR) is 75.9 cm³/mol. The Labute approximate surface area is 120 Å². The van der Waals surface area contributed by atoms with Crippen LogP contribution in [0.4, 0.5) is 5.69 Å². The molecule has 1 heterocycles. The van der Waals surface area contributed by atoms with Gasteiger partial charge < -0.3 is 20.5 Å². The van der Waals surface area contributed by atoms with Crippen LogP contribution in [-0.4, -0.2) is 47.8 Å². The van der Waals surface area contributed by atoms with E-state index < -0.39 is 0 Å². The van der Waals surface area contributed by atoms with Crippen LogP contribution in [-0.2, 0) is 4.74 Å². The van der Waals surface area contributed by atoms with E-state index in [2.05, 4.69) is 15.9 Å². The average Bonchev–Trinajstić information content (AvgIpc) is 2.35. The zero-order valence-electron chi connectivity index (χ0n) is 10.7. The SMILES string of the molecule is CC1CN(C(=O)c2cc(N)cc(Br)c2)CC(CO)O1. The summed E-state index contributed by atoms with van der Waals surface area (Å²) >= 11 is 3.33. The van der Waals surface area contributed by atoms with Gasteiger partial charge in [-0.1, -0.05) is 15.9 Å². The Kier molecular flexibility index (Phi) is 4.44. The molecule has 1 saturated heterocycles. The van der Waals surface area contributed by atoms with E-state index in [-0.39, 0.29) is 24.7 Å². The van der Waals surface area contributed by atoms with Crippen LogP contribution in [0.1, 0.15) is 17.3 Å². The molecule has 2 rings (SSSR count). The summed E-state index contributed by atoms with van der Waals surface area (Å²) in [7, 11) is 0. The number of halogens is 1. The number of hydrogen-bond donors (Lipinski definition) is 2. The largest absolute Gasteiger partial charge is 0.399 e. The van der Waals surface area contributed by atoms with Crippen molar-refractivity contribution in [2.24, 2.45) is 0 Å². The van der Waals surface area contributed by atoms with Gasteiger partial charge in [-0.3, -0.25) is 4.79 Å².